The second-order valence-electron chi connectivity index (χ2n) is 5.05. The molecule has 0 saturated heterocycles. The number of hydrogen-bond acceptors (Lipinski definition) is 2. The normalized spacial score (nSPS) is 29.8. The van der Waals surface area contributed by atoms with E-state index in [1.54, 1.807) is 0 Å². The average molecular weight is 198 g/mol. The Morgan fingerprint density at radius 2 is 2.07 bits per heavy atom. The summed E-state index contributed by atoms with van der Waals surface area (Å²) in [6, 6.07) is 1.49. The molecule has 0 aromatic carbocycles. The largest absolute Gasteiger partial charge is 0.312 e. The van der Waals surface area contributed by atoms with Gasteiger partial charge in [-0.25, -0.2) is 0 Å². The lowest BCUT2D eigenvalue weighted by molar-refractivity contribution is 0.267. The zero-order valence-electron chi connectivity index (χ0n) is 10.2. The van der Waals surface area contributed by atoms with Crippen molar-refractivity contribution in [3.05, 3.63) is 0 Å². The highest BCUT2D eigenvalue weighted by Gasteiger charge is 2.21. The van der Waals surface area contributed by atoms with Crippen molar-refractivity contribution in [1.82, 2.24) is 10.2 Å². The zero-order chi connectivity index (χ0) is 10.6. The maximum atomic E-state index is 3.70. The van der Waals surface area contributed by atoms with Gasteiger partial charge in [-0.15, -0.1) is 0 Å². The standard InChI is InChI=1S/C12H26N2/c1-5-12(14(3)4)9-13-11-7-6-10(2)8-11/h10-13H,5-9H2,1-4H3. The van der Waals surface area contributed by atoms with Crippen molar-refractivity contribution >= 4 is 0 Å². The summed E-state index contributed by atoms with van der Waals surface area (Å²) < 4.78 is 0. The van der Waals surface area contributed by atoms with Crippen LogP contribution in [0.4, 0.5) is 0 Å². The van der Waals surface area contributed by atoms with Gasteiger partial charge in [-0.3, -0.25) is 0 Å². The fraction of sp³-hybridized carbons (Fsp3) is 1.00. The second kappa shape index (κ2) is 5.72. The van der Waals surface area contributed by atoms with Crippen LogP contribution >= 0.6 is 0 Å². The molecule has 1 aliphatic carbocycles. The van der Waals surface area contributed by atoms with Crippen LogP contribution in [0.2, 0.25) is 0 Å². The third kappa shape index (κ3) is 3.58. The van der Waals surface area contributed by atoms with Crippen molar-refractivity contribution in [2.75, 3.05) is 20.6 Å². The van der Waals surface area contributed by atoms with Crippen LogP contribution in [0.25, 0.3) is 0 Å². The van der Waals surface area contributed by atoms with Crippen molar-refractivity contribution in [1.29, 1.82) is 0 Å². The first kappa shape index (κ1) is 12.0. The molecular formula is C12H26N2. The zero-order valence-corrected chi connectivity index (χ0v) is 10.2. The van der Waals surface area contributed by atoms with Gasteiger partial charge in [0.2, 0.25) is 0 Å². The van der Waals surface area contributed by atoms with E-state index >= 15 is 0 Å². The highest BCUT2D eigenvalue weighted by molar-refractivity contribution is 4.80. The molecule has 0 radical (unpaired) electrons. The van der Waals surface area contributed by atoms with E-state index in [0.717, 1.165) is 18.5 Å². The maximum Gasteiger partial charge on any atom is 0.0212 e. The Balaban J connectivity index is 2.18. The van der Waals surface area contributed by atoms with Gasteiger partial charge in [0.05, 0.1) is 0 Å². The van der Waals surface area contributed by atoms with Crippen molar-refractivity contribution in [2.45, 2.75) is 51.6 Å². The molecule has 0 spiro atoms. The first-order valence-corrected chi connectivity index (χ1v) is 6.03. The van der Waals surface area contributed by atoms with E-state index < -0.39 is 0 Å². The fourth-order valence-electron chi connectivity index (χ4n) is 2.39. The van der Waals surface area contributed by atoms with Gasteiger partial charge in [-0.05, 0) is 45.7 Å². The van der Waals surface area contributed by atoms with E-state index in [1.165, 1.54) is 25.7 Å². The molecule has 3 unspecified atom stereocenters. The van der Waals surface area contributed by atoms with Crippen LogP contribution in [0.1, 0.15) is 39.5 Å². The number of nitrogens with one attached hydrogen (secondary N) is 1. The molecule has 0 bridgehead atoms. The molecule has 1 N–H and O–H groups in total. The molecule has 3 atom stereocenters. The smallest absolute Gasteiger partial charge is 0.0212 e. The Morgan fingerprint density at radius 1 is 1.36 bits per heavy atom. The van der Waals surface area contributed by atoms with Crippen LogP contribution in [-0.4, -0.2) is 37.6 Å². The predicted octanol–water partition coefficient (Wildman–Crippen LogP) is 2.10. The number of hydrogen-bond donors (Lipinski definition) is 1. The topological polar surface area (TPSA) is 15.3 Å². The van der Waals surface area contributed by atoms with Crippen LogP contribution in [0.3, 0.4) is 0 Å². The lowest BCUT2D eigenvalue weighted by Gasteiger charge is -2.25. The van der Waals surface area contributed by atoms with Gasteiger partial charge in [-0.1, -0.05) is 13.8 Å². The van der Waals surface area contributed by atoms with E-state index in [-0.39, 0.29) is 0 Å². The van der Waals surface area contributed by atoms with Crippen molar-refractivity contribution in [2.24, 2.45) is 5.92 Å². The minimum absolute atomic E-state index is 0.700. The van der Waals surface area contributed by atoms with Crippen molar-refractivity contribution < 1.29 is 0 Å². The minimum Gasteiger partial charge on any atom is -0.312 e. The summed E-state index contributed by atoms with van der Waals surface area (Å²) >= 11 is 0. The molecule has 2 nitrogen and oxygen atoms in total. The Morgan fingerprint density at radius 3 is 2.50 bits per heavy atom. The van der Waals surface area contributed by atoms with Crippen LogP contribution < -0.4 is 5.32 Å². The summed E-state index contributed by atoms with van der Waals surface area (Å²) in [4.78, 5) is 2.32. The number of likely N-dealkylation sites (N-methyl/N-ethyl adjacent to an activating group) is 1. The molecule has 0 heterocycles. The second-order valence-corrected chi connectivity index (χ2v) is 5.05. The van der Waals surface area contributed by atoms with Crippen LogP contribution in [0.15, 0.2) is 0 Å². The molecule has 84 valence electrons. The molecular weight excluding hydrogens is 172 g/mol. The molecule has 0 amide bonds. The molecule has 0 aromatic heterocycles. The fourth-order valence-corrected chi connectivity index (χ4v) is 2.39. The Kier molecular flexibility index (Phi) is 4.90. The average Bonchev–Trinajstić information content (AvgIpc) is 2.52. The maximum absolute atomic E-state index is 3.70. The Hall–Kier alpha value is -0.0800. The molecule has 14 heavy (non-hydrogen) atoms. The summed E-state index contributed by atoms with van der Waals surface area (Å²) in [5.41, 5.74) is 0. The molecule has 0 aliphatic heterocycles. The van der Waals surface area contributed by atoms with Crippen LogP contribution in [-0.2, 0) is 0 Å². The van der Waals surface area contributed by atoms with Gasteiger partial charge >= 0.3 is 0 Å². The van der Waals surface area contributed by atoms with E-state index in [4.69, 9.17) is 0 Å². The van der Waals surface area contributed by atoms with E-state index in [9.17, 15) is 0 Å². The van der Waals surface area contributed by atoms with Crippen molar-refractivity contribution in [3.8, 4) is 0 Å². The highest BCUT2D eigenvalue weighted by atomic mass is 15.1. The molecule has 0 aromatic rings. The third-order valence-electron chi connectivity index (χ3n) is 3.54. The van der Waals surface area contributed by atoms with Gasteiger partial charge < -0.3 is 10.2 Å². The minimum atomic E-state index is 0.700. The number of nitrogens with zero attached hydrogens (tertiary/aromatic N) is 1. The van der Waals surface area contributed by atoms with Gasteiger partial charge in [0, 0.05) is 18.6 Å². The third-order valence-corrected chi connectivity index (χ3v) is 3.54. The van der Waals surface area contributed by atoms with Gasteiger partial charge in [0.25, 0.3) is 0 Å². The summed E-state index contributed by atoms with van der Waals surface area (Å²) in [5.74, 6) is 0.937. The first-order valence-electron chi connectivity index (χ1n) is 6.03. The van der Waals surface area contributed by atoms with E-state index in [2.05, 4.69) is 38.2 Å². The van der Waals surface area contributed by atoms with Gasteiger partial charge in [0.15, 0.2) is 0 Å². The summed E-state index contributed by atoms with van der Waals surface area (Å²) in [6.07, 6.45) is 5.41. The monoisotopic (exact) mass is 198 g/mol. The van der Waals surface area contributed by atoms with E-state index in [1.807, 2.05) is 0 Å². The molecule has 1 aliphatic rings. The summed E-state index contributed by atoms with van der Waals surface area (Å²) in [5, 5.41) is 3.70. The van der Waals surface area contributed by atoms with Gasteiger partial charge in [-0.2, -0.15) is 0 Å². The Labute approximate surface area is 89.1 Å². The van der Waals surface area contributed by atoms with Gasteiger partial charge in [0.1, 0.15) is 0 Å². The first-order chi connectivity index (χ1) is 6.63. The van der Waals surface area contributed by atoms with Crippen LogP contribution in [0.5, 0.6) is 0 Å². The quantitative estimate of drug-likeness (QED) is 0.728. The highest BCUT2D eigenvalue weighted by Crippen LogP contribution is 2.24. The Bertz CT molecular complexity index is 156. The lowest BCUT2D eigenvalue weighted by Crippen LogP contribution is -2.40. The molecule has 1 fully saturated rings. The van der Waals surface area contributed by atoms with E-state index in [0.29, 0.717) is 6.04 Å². The molecule has 1 saturated carbocycles. The number of rotatable bonds is 5. The summed E-state index contributed by atoms with van der Waals surface area (Å²) in [6.45, 7) is 5.79. The molecule has 1 rings (SSSR count). The SMILES string of the molecule is CCC(CNC1CCC(C)C1)N(C)C. The van der Waals surface area contributed by atoms with Crippen LogP contribution in [0, 0.1) is 5.92 Å². The summed E-state index contributed by atoms with van der Waals surface area (Å²) in [7, 11) is 4.35. The predicted molar refractivity (Wildman–Crippen MR) is 62.6 cm³/mol. The van der Waals surface area contributed by atoms with Crippen molar-refractivity contribution in [3.63, 3.8) is 0 Å². The lowest BCUT2D eigenvalue weighted by atomic mass is 10.1. The molecule has 2 heteroatoms.